The fourth-order valence-electron chi connectivity index (χ4n) is 3.41. The number of fused-ring (bicyclic) bond motifs is 1. The molecule has 0 saturated heterocycles. The molecule has 0 aliphatic carbocycles. The van der Waals surface area contributed by atoms with Crippen LogP contribution in [0.3, 0.4) is 0 Å². The van der Waals surface area contributed by atoms with Crippen molar-refractivity contribution in [2.45, 2.75) is 59.8 Å². The van der Waals surface area contributed by atoms with Crippen LogP contribution in [0.25, 0.3) is 0 Å². The van der Waals surface area contributed by atoms with E-state index >= 15 is 0 Å². The molecular formula is C23H28BrNO3. The van der Waals surface area contributed by atoms with Crippen LogP contribution in [0.15, 0.2) is 34.8 Å². The van der Waals surface area contributed by atoms with Gasteiger partial charge in [-0.3, -0.25) is 0 Å². The van der Waals surface area contributed by atoms with Crippen LogP contribution in [0.4, 0.5) is 4.79 Å². The highest BCUT2D eigenvalue weighted by Gasteiger charge is 2.26. The van der Waals surface area contributed by atoms with Crippen LogP contribution in [0, 0.1) is 13.8 Å². The minimum Gasteiger partial charge on any atom is -0.488 e. The van der Waals surface area contributed by atoms with Crippen molar-refractivity contribution >= 4 is 22.0 Å². The van der Waals surface area contributed by atoms with E-state index in [-0.39, 0.29) is 6.09 Å². The molecule has 0 fully saturated rings. The van der Waals surface area contributed by atoms with Crippen molar-refractivity contribution in [3.63, 3.8) is 0 Å². The lowest BCUT2D eigenvalue weighted by molar-refractivity contribution is 0.0223. The van der Waals surface area contributed by atoms with Crippen molar-refractivity contribution in [2.24, 2.45) is 0 Å². The van der Waals surface area contributed by atoms with Gasteiger partial charge >= 0.3 is 6.09 Å². The van der Waals surface area contributed by atoms with Crippen molar-refractivity contribution in [2.75, 3.05) is 6.54 Å². The summed E-state index contributed by atoms with van der Waals surface area (Å²) < 4.78 is 12.5. The second-order valence-electron chi connectivity index (χ2n) is 8.36. The predicted octanol–water partition coefficient (Wildman–Crippen LogP) is 5.94. The van der Waals surface area contributed by atoms with Crippen molar-refractivity contribution in [1.82, 2.24) is 4.90 Å². The van der Waals surface area contributed by atoms with Crippen molar-refractivity contribution in [3.05, 3.63) is 62.6 Å². The Hall–Kier alpha value is -2.01. The van der Waals surface area contributed by atoms with Crippen LogP contribution in [0.1, 0.15) is 48.6 Å². The maximum atomic E-state index is 12.4. The van der Waals surface area contributed by atoms with Gasteiger partial charge in [-0.2, -0.15) is 0 Å². The summed E-state index contributed by atoms with van der Waals surface area (Å²) in [5, 5.41) is 0. The highest BCUT2D eigenvalue weighted by Crippen LogP contribution is 2.29. The molecule has 0 atom stereocenters. The molecule has 1 aliphatic heterocycles. The molecule has 1 aliphatic rings. The normalized spacial score (nSPS) is 13.9. The lowest BCUT2D eigenvalue weighted by Gasteiger charge is -2.32. The van der Waals surface area contributed by atoms with Gasteiger partial charge in [0.25, 0.3) is 0 Å². The molecular weight excluding hydrogens is 418 g/mol. The summed E-state index contributed by atoms with van der Waals surface area (Å²) in [6.07, 6.45) is 0.593. The third-order valence-electron chi connectivity index (χ3n) is 4.92. The largest absolute Gasteiger partial charge is 0.488 e. The summed E-state index contributed by atoms with van der Waals surface area (Å²) in [5.41, 5.74) is 5.66. The molecule has 0 radical (unpaired) electrons. The molecule has 4 nitrogen and oxygen atoms in total. The van der Waals surface area contributed by atoms with E-state index in [9.17, 15) is 4.79 Å². The second-order valence-corrected chi connectivity index (χ2v) is 9.22. The molecule has 0 N–H and O–H groups in total. The summed E-state index contributed by atoms with van der Waals surface area (Å²) >= 11 is 3.57. The number of aryl methyl sites for hydroxylation is 1. The summed E-state index contributed by atoms with van der Waals surface area (Å²) in [6.45, 7) is 11.7. The van der Waals surface area contributed by atoms with E-state index in [4.69, 9.17) is 9.47 Å². The fraction of sp³-hybridized carbons (Fsp3) is 0.435. The van der Waals surface area contributed by atoms with Crippen molar-refractivity contribution in [3.8, 4) is 5.75 Å². The molecule has 2 aromatic carbocycles. The predicted molar refractivity (Wildman–Crippen MR) is 115 cm³/mol. The molecule has 150 valence electrons. The minimum atomic E-state index is -0.473. The molecule has 2 aromatic rings. The van der Waals surface area contributed by atoms with E-state index in [2.05, 4.69) is 48.0 Å². The Labute approximate surface area is 176 Å². The van der Waals surface area contributed by atoms with Crippen LogP contribution >= 0.6 is 15.9 Å². The molecule has 0 unspecified atom stereocenters. The average molecular weight is 446 g/mol. The molecule has 5 heteroatoms. The number of rotatable bonds is 3. The number of halogens is 1. The van der Waals surface area contributed by atoms with Crippen LogP contribution < -0.4 is 4.74 Å². The third-order valence-corrected chi connectivity index (χ3v) is 5.54. The van der Waals surface area contributed by atoms with Gasteiger partial charge < -0.3 is 14.4 Å². The molecule has 0 saturated carbocycles. The highest BCUT2D eigenvalue weighted by atomic mass is 79.9. The molecule has 28 heavy (non-hydrogen) atoms. The highest BCUT2D eigenvalue weighted by molar-refractivity contribution is 9.10. The number of nitrogens with zero attached hydrogens (tertiary/aromatic N) is 1. The van der Waals surface area contributed by atoms with Gasteiger partial charge in [-0.25, -0.2) is 4.79 Å². The van der Waals surface area contributed by atoms with Crippen LogP contribution in [0.5, 0.6) is 5.75 Å². The molecule has 0 spiro atoms. The van der Waals surface area contributed by atoms with E-state index in [0.717, 1.165) is 16.6 Å². The van der Waals surface area contributed by atoms with Crippen molar-refractivity contribution < 1.29 is 14.3 Å². The van der Waals surface area contributed by atoms with Crippen LogP contribution in [-0.2, 0) is 24.3 Å². The van der Waals surface area contributed by atoms with Gasteiger partial charge in [-0.05, 0) is 96.9 Å². The summed E-state index contributed by atoms with van der Waals surface area (Å²) in [7, 11) is 0. The van der Waals surface area contributed by atoms with Crippen LogP contribution in [0.2, 0.25) is 0 Å². The third kappa shape index (κ3) is 4.88. The first-order chi connectivity index (χ1) is 13.1. The number of carbonyl (C=O) groups is 1. The first kappa shape index (κ1) is 20.7. The number of hydrogen-bond acceptors (Lipinski definition) is 3. The minimum absolute atomic E-state index is 0.243. The number of carbonyl (C=O) groups excluding carboxylic acids is 1. The van der Waals surface area contributed by atoms with Gasteiger partial charge in [0.15, 0.2) is 0 Å². The Bertz CT molecular complexity index is 886. The molecule has 0 aromatic heterocycles. The Morgan fingerprint density at radius 2 is 1.93 bits per heavy atom. The molecule has 3 rings (SSSR count). The zero-order valence-corrected chi connectivity index (χ0v) is 18.9. The van der Waals surface area contributed by atoms with Gasteiger partial charge in [0, 0.05) is 13.1 Å². The number of benzene rings is 2. The first-order valence-corrected chi connectivity index (χ1v) is 10.4. The summed E-state index contributed by atoms with van der Waals surface area (Å²) in [5.74, 6) is 0.846. The van der Waals surface area contributed by atoms with Gasteiger partial charge in [0.2, 0.25) is 0 Å². The molecule has 1 amide bonds. The SMILES string of the molecule is Cc1ccc(OCc2ccc3c(c2C)CCN(C(=O)OC(C)(C)C)C3)c(Br)c1. The zero-order chi connectivity index (χ0) is 20.5. The van der Waals surface area contributed by atoms with E-state index in [1.807, 2.05) is 32.9 Å². The monoisotopic (exact) mass is 445 g/mol. The zero-order valence-electron chi connectivity index (χ0n) is 17.3. The molecule has 1 heterocycles. The van der Waals surface area contributed by atoms with E-state index in [1.165, 1.54) is 27.8 Å². The Kier molecular flexibility index (Phi) is 6.04. The topological polar surface area (TPSA) is 38.8 Å². The van der Waals surface area contributed by atoms with Gasteiger partial charge in [0.1, 0.15) is 18.0 Å². The average Bonchev–Trinajstić information content (AvgIpc) is 2.61. The lowest BCUT2D eigenvalue weighted by atomic mass is 9.92. The van der Waals surface area contributed by atoms with E-state index in [0.29, 0.717) is 19.7 Å². The van der Waals surface area contributed by atoms with Crippen LogP contribution in [-0.4, -0.2) is 23.1 Å². The number of amides is 1. The lowest BCUT2D eigenvalue weighted by Crippen LogP contribution is -2.40. The van der Waals surface area contributed by atoms with E-state index < -0.39 is 5.60 Å². The van der Waals surface area contributed by atoms with Gasteiger partial charge in [-0.15, -0.1) is 0 Å². The van der Waals surface area contributed by atoms with Gasteiger partial charge in [0.05, 0.1) is 4.47 Å². The number of hydrogen-bond donors (Lipinski definition) is 0. The van der Waals surface area contributed by atoms with E-state index in [1.54, 1.807) is 4.90 Å². The number of ether oxygens (including phenoxy) is 2. The maximum absolute atomic E-state index is 12.4. The second kappa shape index (κ2) is 8.16. The maximum Gasteiger partial charge on any atom is 0.410 e. The summed E-state index contributed by atoms with van der Waals surface area (Å²) in [4.78, 5) is 14.2. The van der Waals surface area contributed by atoms with Crippen molar-refractivity contribution in [1.29, 1.82) is 0 Å². The summed E-state index contributed by atoms with van der Waals surface area (Å²) in [6, 6.07) is 10.3. The Morgan fingerprint density at radius 1 is 1.18 bits per heavy atom. The standard InChI is InChI=1S/C23H28BrNO3/c1-15-6-9-21(20(24)12-15)27-14-18-8-7-17-13-25(11-10-19(17)16(18)2)22(26)28-23(3,4)5/h6-9,12H,10-11,13-14H2,1-5H3. The molecule has 0 bridgehead atoms. The first-order valence-electron chi connectivity index (χ1n) is 9.61. The fourth-order valence-corrected chi connectivity index (χ4v) is 4.01. The Morgan fingerprint density at radius 3 is 2.61 bits per heavy atom. The van der Waals surface area contributed by atoms with Gasteiger partial charge in [-0.1, -0.05) is 18.2 Å². The Balaban J connectivity index is 1.71. The quantitative estimate of drug-likeness (QED) is 0.586. The smallest absolute Gasteiger partial charge is 0.410 e.